The summed E-state index contributed by atoms with van der Waals surface area (Å²) in [7, 11) is 0. The van der Waals surface area contributed by atoms with E-state index >= 15 is 0 Å². The third kappa shape index (κ3) is 4.43. The second kappa shape index (κ2) is 6.44. The van der Waals surface area contributed by atoms with Crippen LogP contribution in [0.4, 0.5) is 0 Å². The molecular weight excluding hydrogens is 260 g/mol. The molecule has 2 N–H and O–H groups in total. The normalized spacial score (nSPS) is 11.9. The van der Waals surface area contributed by atoms with Gasteiger partial charge < -0.3 is 10.5 Å². The number of hydrogen-bond acceptors (Lipinski definition) is 3. The Morgan fingerprint density at radius 2 is 2.00 bits per heavy atom. The van der Waals surface area contributed by atoms with E-state index in [2.05, 4.69) is 26.0 Å². The van der Waals surface area contributed by atoms with Crippen LogP contribution in [-0.4, -0.2) is 17.1 Å². The number of unbranched alkanes of at least 4 members (excludes halogenated alkanes) is 1. The number of nitrogens with zero attached hydrogens (tertiary/aromatic N) is 1. The van der Waals surface area contributed by atoms with Gasteiger partial charge in [0.25, 0.3) is 0 Å². The fraction of sp³-hybridized carbons (Fsp3) is 0.500. The Kier molecular flexibility index (Phi) is 4.84. The fourth-order valence-corrected chi connectivity index (χ4v) is 2.42. The Balaban J connectivity index is 2.28. The lowest BCUT2D eigenvalue weighted by atomic mass is 9.98. The quantitative estimate of drug-likeness (QED) is 0.816. The average Bonchev–Trinajstić information content (AvgIpc) is 2.38. The molecular formula is C18H26N2O. The predicted octanol–water partition coefficient (Wildman–Crippen LogP) is 4.00. The van der Waals surface area contributed by atoms with E-state index in [0.29, 0.717) is 0 Å². The lowest BCUT2D eigenvalue weighted by Crippen LogP contribution is -2.34. The molecule has 2 rings (SSSR count). The summed E-state index contributed by atoms with van der Waals surface area (Å²) in [5.41, 5.74) is 9.14. The molecule has 21 heavy (non-hydrogen) atoms. The summed E-state index contributed by atoms with van der Waals surface area (Å²) >= 11 is 0. The van der Waals surface area contributed by atoms with Gasteiger partial charge in [0.2, 0.25) is 0 Å². The largest absolute Gasteiger partial charge is 0.494 e. The lowest BCUT2D eigenvalue weighted by molar-refractivity contribution is 0.310. The molecule has 3 heteroatoms. The summed E-state index contributed by atoms with van der Waals surface area (Å²) in [4.78, 5) is 4.72. The van der Waals surface area contributed by atoms with Crippen LogP contribution in [0.1, 0.15) is 44.9 Å². The molecule has 0 spiro atoms. The molecule has 0 saturated heterocycles. The Bertz CT molecular complexity index is 614. The number of ether oxygens (including phenoxy) is 1. The molecule has 2 aromatic rings. The molecule has 0 fully saturated rings. The van der Waals surface area contributed by atoms with Crippen LogP contribution in [0.15, 0.2) is 24.3 Å². The smallest absolute Gasteiger partial charge is 0.120 e. The van der Waals surface area contributed by atoms with E-state index in [1.165, 1.54) is 5.56 Å². The van der Waals surface area contributed by atoms with Crippen molar-refractivity contribution in [3.8, 4) is 5.75 Å². The summed E-state index contributed by atoms with van der Waals surface area (Å²) in [6.07, 6.45) is 3.00. The summed E-state index contributed by atoms with van der Waals surface area (Å²) in [5, 5.41) is 1.16. The first-order chi connectivity index (χ1) is 9.89. The molecule has 0 bridgehead atoms. The Morgan fingerprint density at radius 1 is 1.24 bits per heavy atom. The molecule has 1 aromatic carbocycles. The number of aromatic nitrogens is 1. The monoisotopic (exact) mass is 286 g/mol. The molecule has 1 aromatic heterocycles. The third-order valence-electron chi connectivity index (χ3n) is 3.44. The summed E-state index contributed by atoms with van der Waals surface area (Å²) in [6.45, 7) is 9.11. The minimum absolute atomic E-state index is 0.240. The van der Waals surface area contributed by atoms with Crippen molar-refractivity contribution in [3.05, 3.63) is 35.5 Å². The molecule has 0 atom stereocenters. The molecule has 3 nitrogen and oxygen atoms in total. The topological polar surface area (TPSA) is 48.1 Å². The van der Waals surface area contributed by atoms with Gasteiger partial charge in [-0.05, 0) is 57.0 Å². The van der Waals surface area contributed by atoms with E-state index in [1.807, 2.05) is 26.0 Å². The van der Waals surface area contributed by atoms with Crippen molar-refractivity contribution in [2.45, 2.75) is 52.5 Å². The van der Waals surface area contributed by atoms with Crippen molar-refractivity contribution in [1.29, 1.82) is 0 Å². The zero-order chi connectivity index (χ0) is 15.5. The van der Waals surface area contributed by atoms with Gasteiger partial charge in [-0.15, -0.1) is 0 Å². The van der Waals surface area contributed by atoms with Crippen LogP contribution in [-0.2, 0) is 6.42 Å². The van der Waals surface area contributed by atoms with Gasteiger partial charge in [0.05, 0.1) is 12.1 Å². The molecule has 114 valence electrons. The highest BCUT2D eigenvalue weighted by molar-refractivity contribution is 5.83. The molecule has 1 heterocycles. The SMILES string of the molecule is CCCCOc1ccc2nc(CC(C)(C)N)cc(C)c2c1. The minimum Gasteiger partial charge on any atom is -0.494 e. The number of aryl methyl sites for hydroxylation is 1. The highest BCUT2D eigenvalue weighted by Gasteiger charge is 2.14. The van der Waals surface area contributed by atoms with Gasteiger partial charge in [0.15, 0.2) is 0 Å². The molecule has 0 amide bonds. The van der Waals surface area contributed by atoms with Crippen LogP contribution in [0.25, 0.3) is 10.9 Å². The second-order valence-electron chi connectivity index (χ2n) is 6.48. The fourth-order valence-electron chi connectivity index (χ4n) is 2.42. The molecule has 0 aliphatic heterocycles. The second-order valence-corrected chi connectivity index (χ2v) is 6.48. The number of nitrogens with two attached hydrogens (primary N) is 1. The molecule has 0 aliphatic carbocycles. The van der Waals surface area contributed by atoms with Gasteiger partial charge in [0, 0.05) is 23.0 Å². The molecule has 0 aliphatic rings. The number of hydrogen-bond donors (Lipinski definition) is 1. The van der Waals surface area contributed by atoms with Crippen LogP contribution in [0.3, 0.4) is 0 Å². The van der Waals surface area contributed by atoms with E-state index in [1.54, 1.807) is 0 Å². The zero-order valence-corrected chi connectivity index (χ0v) is 13.6. The van der Waals surface area contributed by atoms with Crippen molar-refractivity contribution in [3.63, 3.8) is 0 Å². The van der Waals surface area contributed by atoms with Crippen LogP contribution >= 0.6 is 0 Å². The first-order valence-electron chi connectivity index (χ1n) is 7.71. The van der Waals surface area contributed by atoms with Gasteiger partial charge in [-0.25, -0.2) is 0 Å². The zero-order valence-electron chi connectivity index (χ0n) is 13.6. The maximum atomic E-state index is 6.09. The highest BCUT2D eigenvalue weighted by atomic mass is 16.5. The highest BCUT2D eigenvalue weighted by Crippen LogP contribution is 2.24. The summed E-state index contributed by atoms with van der Waals surface area (Å²) < 4.78 is 5.77. The van der Waals surface area contributed by atoms with Crippen molar-refractivity contribution >= 4 is 10.9 Å². The van der Waals surface area contributed by atoms with E-state index in [0.717, 1.165) is 48.2 Å². The van der Waals surface area contributed by atoms with Crippen molar-refractivity contribution < 1.29 is 4.74 Å². The van der Waals surface area contributed by atoms with Crippen LogP contribution in [0, 0.1) is 6.92 Å². The van der Waals surface area contributed by atoms with Gasteiger partial charge in [-0.1, -0.05) is 13.3 Å². The van der Waals surface area contributed by atoms with E-state index in [-0.39, 0.29) is 5.54 Å². The number of pyridine rings is 1. The number of fused-ring (bicyclic) bond motifs is 1. The number of rotatable bonds is 6. The third-order valence-corrected chi connectivity index (χ3v) is 3.44. The van der Waals surface area contributed by atoms with Crippen LogP contribution in [0.5, 0.6) is 5.75 Å². The Morgan fingerprint density at radius 3 is 2.67 bits per heavy atom. The van der Waals surface area contributed by atoms with Gasteiger partial charge in [-0.3, -0.25) is 4.98 Å². The van der Waals surface area contributed by atoms with E-state index in [4.69, 9.17) is 15.5 Å². The molecule has 0 unspecified atom stereocenters. The summed E-state index contributed by atoms with van der Waals surface area (Å²) in [5.74, 6) is 0.924. The Hall–Kier alpha value is -1.61. The molecule has 0 saturated carbocycles. The van der Waals surface area contributed by atoms with Crippen LogP contribution in [0.2, 0.25) is 0 Å². The number of benzene rings is 1. The van der Waals surface area contributed by atoms with E-state index < -0.39 is 0 Å². The van der Waals surface area contributed by atoms with Gasteiger partial charge in [0.1, 0.15) is 5.75 Å². The van der Waals surface area contributed by atoms with Gasteiger partial charge >= 0.3 is 0 Å². The van der Waals surface area contributed by atoms with Crippen LogP contribution < -0.4 is 10.5 Å². The van der Waals surface area contributed by atoms with Gasteiger partial charge in [-0.2, -0.15) is 0 Å². The van der Waals surface area contributed by atoms with Crippen molar-refractivity contribution in [1.82, 2.24) is 4.98 Å². The lowest BCUT2D eigenvalue weighted by Gasteiger charge is -2.18. The summed E-state index contributed by atoms with van der Waals surface area (Å²) in [6, 6.07) is 8.26. The first kappa shape index (κ1) is 15.8. The first-order valence-corrected chi connectivity index (χ1v) is 7.71. The standard InChI is InChI=1S/C18H26N2O/c1-5-6-9-21-15-7-8-17-16(11-15)13(2)10-14(20-17)12-18(3,4)19/h7-8,10-11H,5-6,9,12,19H2,1-4H3. The molecule has 0 radical (unpaired) electrons. The Labute approximate surface area is 127 Å². The maximum Gasteiger partial charge on any atom is 0.120 e. The maximum absolute atomic E-state index is 6.09. The average molecular weight is 286 g/mol. The minimum atomic E-state index is -0.240. The van der Waals surface area contributed by atoms with E-state index in [9.17, 15) is 0 Å². The van der Waals surface area contributed by atoms with Crippen molar-refractivity contribution in [2.75, 3.05) is 6.61 Å². The van der Waals surface area contributed by atoms with Crippen molar-refractivity contribution in [2.24, 2.45) is 5.73 Å². The predicted molar refractivity (Wildman–Crippen MR) is 88.9 cm³/mol.